The van der Waals surface area contributed by atoms with Crippen LogP contribution in [0.1, 0.15) is 35.4 Å². The van der Waals surface area contributed by atoms with Crippen LogP contribution < -0.4 is 0 Å². The van der Waals surface area contributed by atoms with Crippen molar-refractivity contribution >= 4 is 17.5 Å². The van der Waals surface area contributed by atoms with Crippen molar-refractivity contribution in [3.8, 4) is 0 Å². The topological polar surface area (TPSA) is 52.2 Å². The van der Waals surface area contributed by atoms with E-state index in [-0.39, 0.29) is 5.91 Å². The Bertz CT molecular complexity index is 457. The van der Waals surface area contributed by atoms with Crippen LogP contribution in [0.25, 0.3) is 0 Å². The van der Waals surface area contributed by atoms with Gasteiger partial charge in [-0.25, -0.2) is 0 Å². The second-order valence-electron chi connectivity index (χ2n) is 5.35. The molecule has 2 rings (SSSR count). The molecule has 1 saturated heterocycles. The smallest absolute Gasteiger partial charge is 0.275 e. The Kier molecular flexibility index (Phi) is 4.47. The van der Waals surface area contributed by atoms with Gasteiger partial charge in [-0.1, -0.05) is 11.6 Å². The molecule has 1 atom stereocenters. The van der Waals surface area contributed by atoms with Crippen LogP contribution in [0.4, 0.5) is 0 Å². The third-order valence-electron chi connectivity index (χ3n) is 3.79. The van der Waals surface area contributed by atoms with Crippen LogP contribution in [-0.2, 0) is 0 Å². The van der Waals surface area contributed by atoms with E-state index in [9.17, 15) is 4.79 Å². The summed E-state index contributed by atoms with van der Waals surface area (Å²) in [6.07, 6.45) is 3.15. The molecule has 1 unspecified atom stereocenters. The Morgan fingerprint density at radius 2 is 2.16 bits per heavy atom. The second-order valence-corrected chi connectivity index (χ2v) is 5.73. The zero-order valence-corrected chi connectivity index (χ0v) is 12.5. The van der Waals surface area contributed by atoms with E-state index in [1.54, 1.807) is 0 Å². The van der Waals surface area contributed by atoms with Crippen molar-refractivity contribution in [1.29, 1.82) is 0 Å². The number of carbonyl (C=O) groups excluding carboxylic acids is 1. The standard InChI is InChI=1S/C13H21ClN4O/c1-9-11(14)12(16-15-9)13(19)18-7-4-5-10(6-8-18)17(2)3/h10H,4-8H2,1-3H3,(H,15,16). The van der Waals surface area contributed by atoms with Gasteiger partial charge in [0.2, 0.25) is 0 Å². The summed E-state index contributed by atoms with van der Waals surface area (Å²) in [5.41, 5.74) is 1.09. The van der Waals surface area contributed by atoms with Gasteiger partial charge in [-0.05, 0) is 40.3 Å². The zero-order valence-electron chi connectivity index (χ0n) is 11.7. The molecule has 0 bridgehead atoms. The van der Waals surface area contributed by atoms with Gasteiger partial charge in [-0.2, -0.15) is 5.10 Å². The number of rotatable bonds is 2. The maximum atomic E-state index is 12.4. The predicted octanol–water partition coefficient (Wildman–Crippen LogP) is 1.93. The minimum atomic E-state index is -0.0613. The van der Waals surface area contributed by atoms with Gasteiger partial charge in [0.15, 0.2) is 5.69 Å². The number of aromatic nitrogens is 2. The number of likely N-dealkylation sites (tertiary alicyclic amines) is 1. The van der Waals surface area contributed by atoms with E-state index in [1.807, 2.05) is 11.8 Å². The Hall–Kier alpha value is -1.07. The number of hydrogen-bond acceptors (Lipinski definition) is 3. The average Bonchev–Trinajstić information content (AvgIpc) is 2.60. The lowest BCUT2D eigenvalue weighted by Crippen LogP contribution is -2.34. The molecule has 0 spiro atoms. The van der Waals surface area contributed by atoms with Crippen LogP contribution in [0.5, 0.6) is 0 Å². The highest BCUT2D eigenvalue weighted by atomic mass is 35.5. The van der Waals surface area contributed by atoms with Crippen LogP contribution in [0.15, 0.2) is 0 Å². The fourth-order valence-corrected chi connectivity index (χ4v) is 2.67. The van der Waals surface area contributed by atoms with Gasteiger partial charge in [0.25, 0.3) is 5.91 Å². The summed E-state index contributed by atoms with van der Waals surface area (Å²) >= 11 is 6.09. The Labute approximate surface area is 118 Å². The molecular formula is C13H21ClN4O. The first-order chi connectivity index (χ1) is 9.00. The molecule has 1 fully saturated rings. The number of amides is 1. The highest BCUT2D eigenvalue weighted by Gasteiger charge is 2.25. The van der Waals surface area contributed by atoms with Gasteiger partial charge in [-0.3, -0.25) is 9.89 Å². The van der Waals surface area contributed by atoms with Crippen LogP contribution in [0.3, 0.4) is 0 Å². The van der Waals surface area contributed by atoms with Gasteiger partial charge in [0.05, 0.1) is 10.7 Å². The van der Waals surface area contributed by atoms with E-state index in [4.69, 9.17) is 11.6 Å². The van der Waals surface area contributed by atoms with Gasteiger partial charge in [0.1, 0.15) is 0 Å². The number of carbonyl (C=O) groups is 1. The molecule has 1 aliphatic heterocycles. The lowest BCUT2D eigenvalue weighted by Gasteiger charge is -2.23. The van der Waals surface area contributed by atoms with Crippen LogP contribution >= 0.6 is 11.6 Å². The monoisotopic (exact) mass is 284 g/mol. The maximum absolute atomic E-state index is 12.4. The summed E-state index contributed by atoms with van der Waals surface area (Å²) in [6.45, 7) is 3.37. The largest absolute Gasteiger partial charge is 0.337 e. The van der Waals surface area contributed by atoms with E-state index in [0.717, 1.165) is 38.0 Å². The van der Waals surface area contributed by atoms with Crippen molar-refractivity contribution in [3.63, 3.8) is 0 Å². The number of aryl methyl sites for hydroxylation is 1. The Morgan fingerprint density at radius 1 is 1.42 bits per heavy atom. The zero-order chi connectivity index (χ0) is 14.0. The normalized spacial score (nSPS) is 20.7. The Balaban J connectivity index is 2.06. The first-order valence-electron chi connectivity index (χ1n) is 6.67. The molecule has 106 valence electrons. The number of aromatic amines is 1. The highest BCUT2D eigenvalue weighted by molar-refractivity contribution is 6.34. The molecule has 1 aromatic heterocycles. The van der Waals surface area contributed by atoms with E-state index < -0.39 is 0 Å². The molecule has 1 N–H and O–H groups in total. The molecule has 0 radical (unpaired) electrons. The van der Waals surface area contributed by atoms with Gasteiger partial charge in [0, 0.05) is 19.1 Å². The molecule has 1 aromatic rings. The number of H-pyrrole nitrogens is 1. The number of nitrogens with zero attached hydrogens (tertiary/aromatic N) is 3. The second kappa shape index (κ2) is 5.92. The van der Waals surface area contributed by atoms with Crippen molar-refractivity contribution in [2.75, 3.05) is 27.2 Å². The summed E-state index contributed by atoms with van der Waals surface area (Å²) < 4.78 is 0. The predicted molar refractivity (Wildman–Crippen MR) is 75.6 cm³/mol. The lowest BCUT2D eigenvalue weighted by atomic mass is 10.1. The molecule has 1 aliphatic rings. The maximum Gasteiger partial charge on any atom is 0.275 e. The van der Waals surface area contributed by atoms with Crippen molar-refractivity contribution in [2.24, 2.45) is 0 Å². The van der Waals surface area contributed by atoms with Crippen molar-refractivity contribution in [2.45, 2.75) is 32.2 Å². The number of hydrogen-bond donors (Lipinski definition) is 1. The third-order valence-corrected chi connectivity index (χ3v) is 4.25. The summed E-state index contributed by atoms with van der Waals surface area (Å²) in [6, 6.07) is 0.550. The van der Waals surface area contributed by atoms with Gasteiger partial charge >= 0.3 is 0 Å². The van der Waals surface area contributed by atoms with Crippen LogP contribution in [0, 0.1) is 6.92 Å². The van der Waals surface area contributed by atoms with E-state index in [0.29, 0.717) is 16.8 Å². The third kappa shape index (κ3) is 3.09. The van der Waals surface area contributed by atoms with Crippen molar-refractivity contribution < 1.29 is 4.79 Å². The molecular weight excluding hydrogens is 264 g/mol. The van der Waals surface area contributed by atoms with Gasteiger partial charge < -0.3 is 9.80 Å². The van der Waals surface area contributed by atoms with Crippen LogP contribution in [-0.4, -0.2) is 59.1 Å². The number of halogens is 1. The highest BCUT2D eigenvalue weighted by Crippen LogP contribution is 2.21. The molecule has 0 aromatic carbocycles. The van der Waals surface area contributed by atoms with E-state index in [1.165, 1.54) is 0 Å². The molecule has 0 saturated carbocycles. The minimum absolute atomic E-state index is 0.0613. The fourth-order valence-electron chi connectivity index (χ4n) is 2.51. The minimum Gasteiger partial charge on any atom is -0.337 e. The molecule has 19 heavy (non-hydrogen) atoms. The first-order valence-corrected chi connectivity index (χ1v) is 7.04. The fraction of sp³-hybridized carbons (Fsp3) is 0.692. The number of nitrogens with one attached hydrogen (secondary N) is 1. The average molecular weight is 285 g/mol. The SMILES string of the molecule is Cc1[nH]nc(C(=O)N2CCCC(N(C)C)CC2)c1Cl. The van der Waals surface area contributed by atoms with Crippen molar-refractivity contribution in [1.82, 2.24) is 20.0 Å². The lowest BCUT2D eigenvalue weighted by molar-refractivity contribution is 0.0753. The molecule has 0 aliphatic carbocycles. The van der Waals surface area contributed by atoms with E-state index in [2.05, 4.69) is 29.2 Å². The first kappa shape index (κ1) is 14.3. The molecule has 1 amide bonds. The summed E-state index contributed by atoms with van der Waals surface area (Å²) in [5.74, 6) is -0.0613. The van der Waals surface area contributed by atoms with Crippen molar-refractivity contribution in [3.05, 3.63) is 16.4 Å². The molecule has 2 heterocycles. The van der Waals surface area contributed by atoms with Crippen LogP contribution in [0.2, 0.25) is 5.02 Å². The molecule has 6 heteroatoms. The molecule has 5 nitrogen and oxygen atoms in total. The summed E-state index contributed by atoms with van der Waals surface area (Å²) in [7, 11) is 4.19. The Morgan fingerprint density at radius 3 is 2.74 bits per heavy atom. The van der Waals surface area contributed by atoms with Gasteiger partial charge in [-0.15, -0.1) is 0 Å². The quantitative estimate of drug-likeness (QED) is 0.903. The summed E-state index contributed by atoms with van der Waals surface area (Å²) in [4.78, 5) is 16.5. The summed E-state index contributed by atoms with van der Waals surface area (Å²) in [5, 5.41) is 7.22. The van der Waals surface area contributed by atoms with E-state index >= 15 is 0 Å².